The zero-order chi connectivity index (χ0) is 11.5. The Kier molecular flexibility index (Phi) is 2.65. The predicted molar refractivity (Wildman–Crippen MR) is 62.2 cm³/mol. The Morgan fingerprint density at radius 3 is 2.44 bits per heavy atom. The van der Waals surface area contributed by atoms with Gasteiger partial charge in [-0.25, -0.2) is 0 Å². The molecule has 80 valence electrons. The topological polar surface area (TPSA) is 48.8 Å². The van der Waals surface area contributed by atoms with E-state index in [9.17, 15) is 0 Å². The van der Waals surface area contributed by atoms with Crippen LogP contribution in [0.5, 0.6) is 5.75 Å². The van der Waals surface area contributed by atoms with Gasteiger partial charge >= 0.3 is 0 Å². The molecule has 0 bridgehead atoms. The fourth-order valence-electron chi connectivity index (χ4n) is 1.60. The minimum atomic E-state index is 0.686. The summed E-state index contributed by atoms with van der Waals surface area (Å²) >= 11 is 0. The average molecular weight is 212 g/mol. The molecule has 0 saturated heterocycles. The minimum Gasteiger partial charge on any atom is -0.497 e. The van der Waals surface area contributed by atoms with Gasteiger partial charge in [0.15, 0.2) is 0 Å². The van der Waals surface area contributed by atoms with Crippen molar-refractivity contribution >= 4 is 0 Å². The van der Waals surface area contributed by atoms with Crippen molar-refractivity contribution in [3.05, 3.63) is 41.6 Å². The number of benzene rings is 1. The highest BCUT2D eigenvalue weighted by Crippen LogP contribution is 2.23. The van der Waals surface area contributed by atoms with Crippen LogP contribution < -0.4 is 4.74 Å². The number of nitriles is 1. The van der Waals surface area contributed by atoms with Crippen LogP contribution in [0.1, 0.15) is 11.3 Å². The molecule has 3 heteroatoms. The molecule has 1 aromatic carbocycles. The van der Waals surface area contributed by atoms with E-state index in [-0.39, 0.29) is 0 Å². The van der Waals surface area contributed by atoms with Gasteiger partial charge < -0.3 is 9.72 Å². The molecule has 2 aromatic rings. The number of ether oxygens (including phenoxy) is 1. The highest BCUT2D eigenvalue weighted by molar-refractivity contribution is 5.63. The quantitative estimate of drug-likeness (QED) is 0.832. The number of nitrogens with one attached hydrogen (secondary N) is 1. The molecule has 0 radical (unpaired) electrons. The molecule has 2 rings (SSSR count). The number of H-pyrrole nitrogens is 1. The van der Waals surface area contributed by atoms with E-state index in [1.54, 1.807) is 7.11 Å². The number of aryl methyl sites for hydroxylation is 1. The monoisotopic (exact) mass is 212 g/mol. The maximum Gasteiger partial charge on any atom is 0.118 e. The van der Waals surface area contributed by atoms with E-state index in [0.29, 0.717) is 5.56 Å². The molecule has 0 aliphatic rings. The fourth-order valence-corrected chi connectivity index (χ4v) is 1.60. The van der Waals surface area contributed by atoms with Crippen molar-refractivity contribution in [2.75, 3.05) is 7.11 Å². The van der Waals surface area contributed by atoms with Crippen molar-refractivity contribution in [1.29, 1.82) is 5.26 Å². The summed E-state index contributed by atoms with van der Waals surface area (Å²) in [6, 6.07) is 11.7. The number of aromatic amines is 1. The highest BCUT2D eigenvalue weighted by atomic mass is 16.5. The van der Waals surface area contributed by atoms with E-state index >= 15 is 0 Å². The van der Waals surface area contributed by atoms with Crippen LogP contribution in [0.15, 0.2) is 30.3 Å². The van der Waals surface area contributed by atoms with E-state index in [0.717, 1.165) is 22.7 Å². The van der Waals surface area contributed by atoms with E-state index in [2.05, 4.69) is 11.1 Å². The molecule has 0 aliphatic heterocycles. The van der Waals surface area contributed by atoms with Gasteiger partial charge in [-0.3, -0.25) is 0 Å². The summed E-state index contributed by atoms with van der Waals surface area (Å²) in [4.78, 5) is 3.19. The zero-order valence-electron chi connectivity index (χ0n) is 9.24. The van der Waals surface area contributed by atoms with Gasteiger partial charge in [0.2, 0.25) is 0 Å². The van der Waals surface area contributed by atoms with Crippen LogP contribution in [0.2, 0.25) is 0 Å². The second-order valence-electron chi connectivity index (χ2n) is 3.56. The zero-order valence-corrected chi connectivity index (χ0v) is 9.24. The van der Waals surface area contributed by atoms with Gasteiger partial charge in [-0.2, -0.15) is 5.26 Å². The summed E-state index contributed by atoms with van der Waals surface area (Å²) in [7, 11) is 1.64. The van der Waals surface area contributed by atoms with Gasteiger partial charge in [-0.05, 0) is 42.8 Å². The number of rotatable bonds is 2. The molecule has 0 spiro atoms. The van der Waals surface area contributed by atoms with Gasteiger partial charge in [0.1, 0.15) is 11.8 Å². The molecular weight excluding hydrogens is 200 g/mol. The third-order valence-corrected chi connectivity index (χ3v) is 2.54. The third-order valence-electron chi connectivity index (χ3n) is 2.54. The summed E-state index contributed by atoms with van der Waals surface area (Å²) in [5, 5.41) is 8.87. The first-order valence-electron chi connectivity index (χ1n) is 4.98. The van der Waals surface area contributed by atoms with Crippen molar-refractivity contribution in [3.63, 3.8) is 0 Å². The summed E-state index contributed by atoms with van der Waals surface area (Å²) in [6.45, 7) is 1.89. The first-order valence-corrected chi connectivity index (χ1v) is 4.98. The molecular formula is C13H12N2O. The van der Waals surface area contributed by atoms with Gasteiger partial charge in [0, 0.05) is 11.4 Å². The Bertz CT molecular complexity index is 532. The van der Waals surface area contributed by atoms with Crippen LogP contribution in [0.25, 0.3) is 11.3 Å². The molecule has 1 N–H and O–H groups in total. The van der Waals surface area contributed by atoms with E-state index in [4.69, 9.17) is 10.00 Å². The summed E-state index contributed by atoms with van der Waals surface area (Å²) in [5.74, 6) is 0.826. The van der Waals surface area contributed by atoms with Crippen LogP contribution in [0.4, 0.5) is 0 Å². The van der Waals surface area contributed by atoms with Crippen molar-refractivity contribution in [2.24, 2.45) is 0 Å². The lowest BCUT2D eigenvalue weighted by Crippen LogP contribution is -1.82. The second kappa shape index (κ2) is 4.11. The van der Waals surface area contributed by atoms with Crippen LogP contribution in [-0.2, 0) is 0 Å². The van der Waals surface area contributed by atoms with E-state index < -0.39 is 0 Å². The lowest BCUT2D eigenvalue weighted by atomic mass is 10.1. The number of aromatic nitrogens is 1. The number of hydrogen-bond donors (Lipinski definition) is 1. The molecule has 0 aliphatic carbocycles. The highest BCUT2D eigenvalue weighted by Gasteiger charge is 2.05. The fraction of sp³-hybridized carbons (Fsp3) is 0.154. The van der Waals surface area contributed by atoms with Crippen LogP contribution in [-0.4, -0.2) is 12.1 Å². The van der Waals surface area contributed by atoms with Crippen LogP contribution >= 0.6 is 0 Å². The van der Waals surface area contributed by atoms with Crippen molar-refractivity contribution < 1.29 is 4.74 Å². The van der Waals surface area contributed by atoms with Crippen molar-refractivity contribution in [2.45, 2.75) is 6.92 Å². The van der Waals surface area contributed by atoms with Crippen LogP contribution in [0.3, 0.4) is 0 Å². The summed E-state index contributed by atoms with van der Waals surface area (Å²) < 4.78 is 5.09. The normalized spacial score (nSPS) is 9.81. The Hall–Kier alpha value is -2.21. The molecule has 0 saturated carbocycles. The minimum absolute atomic E-state index is 0.686. The third kappa shape index (κ3) is 1.78. The first-order chi connectivity index (χ1) is 7.74. The molecule has 0 amide bonds. The van der Waals surface area contributed by atoms with E-state index in [1.165, 1.54) is 0 Å². The SMILES string of the molecule is COc1ccc(-c2cc(C#N)c(C)[nH]2)cc1. The lowest BCUT2D eigenvalue weighted by Gasteiger charge is -2.01. The van der Waals surface area contributed by atoms with Crippen molar-refractivity contribution in [3.8, 4) is 23.1 Å². The Balaban J connectivity index is 2.39. The molecule has 1 aromatic heterocycles. The number of hydrogen-bond acceptors (Lipinski definition) is 2. The smallest absolute Gasteiger partial charge is 0.118 e. The van der Waals surface area contributed by atoms with Gasteiger partial charge in [-0.15, -0.1) is 0 Å². The van der Waals surface area contributed by atoms with Gasteiger partial charge in [-0.1, -0.05) is 0 Å². The Morgan fingerprint density at radius 2 is 1.94 bits per heavy atom. The molecule has 16 heavy (non-hydrogen) atoms. The predicted octanol–water partition coefficient (Wildman–Crippen LogP) is 2.87. The largest absolute Gasteiger partial charge is 0.497 e. The Labute approximate surface area is 94.3 Å². The van der Waals surface area contributed by atoms with E-state index in [1.807, 2.05) is 37.3 Å². The molecule has 0 fully saturated rings. The molecule has 0 atom stereocenters. The maximum atomic E-state index is 8.87. The molecule has 0 unspecified atom stereocenters. The standard InChI is InChI=1S/C13H12N2O/c1-9-11(8-14)7-13(15-9)10-3-5-12(16-2)6-4-10/h3-7,15H,1-2H3. The van der Waals surface area contributed by atoms with Crippen LogP contribution in [0, 0.1) is 18.3 Å². The summed E-state index contributed by atoms with van der Waals surface area (Å²) in [6.07, 6.45) is 0. The lowest BCUT2D eigenvalue weighted by molar-refractivity contribution is 0.415. The van der Waals surface area contributed by atoms with Gasteiger partial charge in [0.25, 0.3) is 0 Å². The van der Waals surface area contributed by atoms with Gasteiger partial charge in [0.05, 0.1) is 12.7 Å². The first kappa shape index (κ1) is 10.3. The number of nitrogens with zero attached hydrogens (tertiary/aromatic N) is 1. The maximum absolute atomic E-state index is 8.87. The molecule has 1 heterocycles. The second-order valence-corrected chi connectivity index (χ2v) is 3.56. The Morgan fingerprint density at radius 1 is 1.25 bits per heavy atom. The van der Waals surface area contributed by atoms with Crippen molar-refractivity contribution in [1.82, 2.24) is 4.98 Å². The summed E-state index contributed by atoms with van der Waals surface area (Å²) in [5.41, 5.74) is 3.58. The average Bonchev–Trinajstić information content (AvgIpc) is 2.71. The molecule has 3 nitrogen and oxygen atoms in total. The number of methoxy groups -OCH3 is 1.